The molecule has 0 aromatic rings. The van der Waals surface area contributed by atoms with Gasteiger partial charge in [-0.1, -0.05) is 0 Å². The van der Waals surface area contributed by atoms with Crippen LogP contribution in [-0.2, 0) is 0 Å². The Labute approximate surface area is 95.7 Å². The second kappa shape index (κ2) is 28.9. The molecule has 0 nitrogen and oxygen atoms in total. The predicted octanol–water partition coefficient (Wildman–Crippen LogP) is -5.65. The van der Waals surface area contributed by atoms with Crippen molar-refractivity contribution < 1.29 is 0 Å². The predicted molar refractivity (Wildman–Crippen MR) is 48.3 cm³/mol. The summed E-state index contributed by atoms with van der Waals surface area (Å²) in [6.45, 7) is 0. The standard InChI is InChI=1S/Al.BH3.Ca.Mg.H4Si.7H/h;1H3;;;1H4;;;;;;;. The molecule has 0 saturated heterocycles. The zero-order valence-corrected chi connectivity index (χ0v) is 0. The van der Waals surface area contributed by atoms with Gasteiger partial charge in [-0.2, -0.15) is 0 Å². The zero-order valence-electron chi connectivity index (χ0n) is 0. The van der Waals surface area contributed by atoms with Crippen molar-refractivity contribution >= 4 is 97.5 Å². The van der Waals surface area contributed by atoms with Gasteiger partial charge in [0.2, 0.25) is 0 Å². The summed E-state index contributed by atoms with van der Waals surface area (Å²) in [5, 5.41) is 0. The first-order valence-corrected chi connectivity index (χ1v) is 0. The summed E-state index contributed by atoms with van der Waals surface area (Å²) in [7, 11) is 0. The van der Waals surface area contributed by atoms with Gasteiger partial charge in [-0.3, -0.25) is 0 Å². The molecule has 0 amide bonds. The molecule has 0 aromatic heterocycles. The summed E-state index contributed by atoms with van der Waals surface area (Å²) >= 11 is 0. The third-order valence-corrected chi connectivity index (χ3v) is 0. The summed E-state index contributed by atoms with van der Waals surface area (Å²) in [6.07, 6.45) is 0. The molecule has 0 aromatic carbocycles. The van der Waals surface area contributed by atoms with E-state index in [1.807, 2.05) is 0 Å². The molecule has 28 valence electrons. The van der Waals surface area contributed by atoms with Crippen molar-refractivity contribution in [2.45, 2.75) is 0 Å². The van der Waals surface area contributed by atoms with Gasteiger partial charge < -0.3 is 0 Å². The van der Waals surface area contributed by atoms with Gasteiger partial charge in [0.25, 0.3) is 0 Å². The van der Waals surface area contributed by atoms with E-state index < -0.39 is 0 Å². The number of hydrogen-bond acceptors (Lipinski definition) is 0. The van der Waals surface area contributed by atoms with Crippen molar-refractivity contribution in [2.75, 3.05) is 0 Å². The molecule has 0 heterocycles. The maximum absolute atomic E-state index is 0. The quantitative estimate of drug-likeness (QED) is 0.297. The van der Waals surface area contributed by atoms with E-state index in [1.54, 1.807) is 0 Å². The van der Waals surface area contributed by atoms with Crippen LogP contribution in [-0.4, -0.2) is 97.5 Å². The van der Waals surface area contributed by atoms with E-state index in [0.29, 0.717) is 0 Å². The van der Waals surface area contributed by atoms with Crippen LogP contribution in [0.5, 0.6) is 0 Å². The molecule has 0 aliphatic rings. The monoisotopic (exact) mass is 144 g/mol. The first kappa shape index (κ1) is 45.5. The molecule has 0 saturated carbocycles. The Morgan fingerprint density at radius 2 is 1.00 bits per heavy atom. The van der Waals surface area contributed by atoms with Crippen molar-refractivity contribution in [1.29, 1.82) is 0 Å². The van der Waals surface area contributed by atoms with Crippen molar-refractivity contribution in [2.24, 2.45) is 0 Å². The molecule has 5 heteroatoms. The summed E-state index contributed by atoms with van der Waals surface area (Å²) in [5.41, 5.74) is 0. The van der Waals surface area contributed by atoms with E-state index in [-0.39, 0.29) is 97.5 Å². The van der Waals surface area contributed by atoms with Crippen LogP contribution in [0, 0.1) is 0 Å². The molecule has 0 bridgehead atoms. The second-order valence-corrected chi connectivity index (χ2v) is 0. The van der Waals surface area contributed by atoms with Crippen LogP contribution in [0.2, 0.25) is 0 Å². The molecule has 0 spiro atoms. The molecule has 0 rings (SSSR count). The number of hydrogen-bond donors (Lipinski definition) is 0. The maximum atomic E-state index is 0. The summed E-state index contributed by atoms with van der Waals surface area (Å²) in [4.78, 5) is 0. The first-order valence-electron chi connectivity index (χ1n) is 0. The summed E-state index contributed by atoms with van der Waals surface area (Å²) in [5.74, 6) is 0. The molecule has 0 aliphatic carbocycles. The Hall–Kier alpha value is 2.84. The minimum atomic E-state index is 0. The molecule has 0 fully saturated rings. The van der Waals surface area contributed by atoms with Gasteiger partial charge in [0.15, 0.2) is 17.4 Å². The van der Waals surface area contributed by atoms with Crippen molar-refractivity contribution in [1.82, 2.24) is 0 Å². The van der Waals surface area contributed by atoms with Gasteiger partial charge in [-0.05, 0) is 11.0 Å². The number of rotatable bonds is 0. The SMILES string of the molecule is B.[AlH3].[CaH2].[MgH2].[SiH4]. The molecular weight excluding hydrogens is 130 g/mol. The van der Waals surface area contributed by atoms with Crippen LogP contribution in [0.15, 0.2) is 0 Å². The molecule has 5 heavy (non-hydrogen) atoms. The average Bonchev–Trinajstić information content (AvgIpc) is 0. The van der Waals surface area contributed by atoms with Crippen LogP contribution in [0.3, 0.4) is 0 Å². The molecule has 0 unspecified atom stereocenters. The molecule has 0 radical (unpaired) electrons. The van der Waals surface area contributed by atoms with Gasteiger partial charge in [0.05, 0.1) is 8.41 Å². The summed E-state index contributed by atoms with van der Waals surface area (Å²) in [6, 6.07) is 0. The minimum absolute atomic E-state index is 0. The van der Waals surface area contributed by atoms with E-state index in [0.717, 1.165) is 0 Å². The van der Waals surface area contributed by atoms with Gasteiger partial charge >= 0.3 is 60.8 Å². The zero-order chi connectivity index (χ0) is 0. The van der Waals surface area contributed by atoms with Crippen molar-refractivity contribution in [3.63, 3.8) is 0 Å². The minimum Gasteiger partial charge on any atom is -0.0149 e. The fourth-order valence-electron chi connectivity index (χ4n) is 0. The normalized spacial score (nSPS) is 0. The van der Waals surface area contributed by atoms with Crippen molar-refractivity contribution in [3.8, 4) is 0 Å². The smallest absolute Gasteiger partial charge is 0.0149 e. The Bertz CT molecular complexity index is 11.6. The Morgan fingerprint density at radius 3 is 1.00 bits per heavy atom. The largest absolute Gasteiger partial charge is 0.316 e. The van der Waals surface area contributed by atoms with Gasteiger partial charge in [0.1, 0.15) is 0 Å². The molecular formula is H14AlBCaMgSi. The van der Waals surface area contributed by atoms with E-state index in [4.69, 9.17) is 0 Å². The fourth-order valence-corrected chi connectivity index (χ4v) is 0. The fraction of sp³-hybridized carbons (Fsp3) is 0. The van der Waals surface area contributed by atoms with Crippen LogP contribution in [0.25, 0.3) is 0 Å². The third-order valence-electron chi connectivity index (χ3n) is 0. The average molecular weight is 144 g/mol. The topological polar surface area (TPSA) is 0 Å². The molecule has 0 N–H and O–H groups in total. The Morgan fingerprint density at radius 1 is 1.00 bits per heavy atom. The van der Waals surface area contributed by atoms with Crippen LogP contribution >= 0.6 is 0 Å². The van der Waals surface area contributed by atoms with Crippen LogP contribution < -0.4 is 0 Å². The molecule has 0 aliphatic heterocycles. The Kier molecular flexibility index (Phi) is 263. The van der Waals surface area contributed by atoms with E-state index >= 15 is 0 Å². The van der Waals surface area contributed by atoms with Gasteiger partial charge in [-0.15, -0.1) is 0 Å². The first-order chi connectivity index (χ1) is 0. The van der Waals surface area contributed by atoms with Gasteiger partial charge in [0, 0.05) is 0 Å². The second-order valence-electron chi connectivity index (χ2n) is 0. The third kappa shape index (κ3) is 19.9. The van der Waals surface area contributed by atoms with Gasteiger partial charge in [-0.25, -0.2) is 0 Å². The van der Waals surface area contributed by atoms with Crippen molar-refractivity contribution in [3.05, 3.63) is 0 Å². The summed E-state index contributed by atoms with van der Waals surface area (Å²) < 4.78 is 0. The van der Waals surface area contributed by atoms with E-state index in [9.17, 15) is 0 Å². The molecule has 0 atom stereocenters. The Balaban J connectivity index is 0. The van der Waals surface area contributed by atoms with E-state index in [2.05, 4.69) is 0 Å². The van der Waals surface area contributed by atoms with Crippen LogP contribution in [0.1, 0.15) is 0 Å². The maximum Gasteiger partial charge on any atom is 0.316 e. The van der Waals surface area contributed by atoms with Crippen LogP contribution in [0.4, 0.5) is 0 Å². The van der Waals surface area contributed by atoms with E-state index in [1.165, 1.54) is 0 Å².